The van der Waals surface area contributed by atoms with Crippen LogP contribution >= 0.6 is 0 Å². The van der Waals surface area contributed by atoms with Crippen molar-refractivity contribution in [1.29, 1.82) is 0 Å². The first-order valence-electron chi connectivity index (χ1n) is 12.1. The van der Waals surface area contributed by atoms with Crippen LogP contribution in [0, 0.1) is 17.8 Å². The molecule has 0 bridgehead atoms. The van der Waals surface area contributed by atoms with E-state index in [4.69, 9.17) is 0 Å². The number of unbranched alkanes of at least 4 members (excludes halogenated alkanes) is 2. The molecule has 1 saturated heterocycles. The number of ketones is 1. The van der Waals surface area contributed by atoms with E-state index in [2.05, 4.69) is 10.6 Å². The lowest BCUT2D eigenvalue weighted by atomic mass is 9.81. The number of nitrogens with one attached hydrogen (secondary N) is 2. The summed E-state index contributed by atoms with van der Waals surface area (Å²) in [5.74, 6) is 1.05. The fraction of sp³-hybridized carbons (Fsp3) is 0.750. The van der Waals surface area contributed by atoms with Crippen molar-refractivity contribution < 1.29 is 19.2 Å². The molecule has 0 spiro atoms. The molecule has 1 aliphatic carbocycles. The molecule has 0 aromatic rings. The van der Waals surface area contributed by atoms with Gasteiger partial charge in [0.15, 0.2) is 0 Å². The largest absolute Gasteiger partial charge is 0.356 e. The molecule has 172 valence electrons. The molecule has 0 aromatic carbocycles. The van der Waals surface area contributed by atoms with Gasteiger partial charge in [0.05, 0.1) is 0 Å². The van der Waals surface area contributed by atoms with E-state index < -0.39 is 0 Å². The van der Waals surface area contributed by atoms with E-state index in [-0.39, 0.29) is 23.6 Å². The van der Waals surface area contributed by atoms with Crippen molar-refractivity contribution in [2.24, 2.45) is 17.8 Å². The topological polar surface area (TPSA) is 95.6 Å². The highest BCUT2D eigenvalue weighted by Gasteiger charge is 2.31. The Kier molecular flexibility index (Phi) is 9.25. The van der Waals surface area contributed by atoms with Crippen LogP contribution < -0.4 is 10.6 Å². The lowest BCUT2D eigenvalue weighted by Crippen LogP contribution is -2.38. The number of carbonyl (C=O) groups is 4. The van der Waals surface area contributed by atoms with Gasteiger partial charge in [0, 0.05) is 44.0 Å². The van der Waals surface area contributed by atoms with E-state index in [9.17, 15) is 19.2 Å². The van der Waals surface area contributed by atoms with Gasteiger partial charge in [-0.05, 0) is 76.3 Å². The first kappa shape index (κ1) is 23.6. The van der Waals surface area contributed by atoms with Crippen molar-refractivity contribution >= 4 is 23.5 Å². The van der Waals surface area contributed by atoms with Crippen LogP contribution in [0.3, 0.4) is 0 Å². The summed E-state index contributed by atoms with van der Waals surface area (Å²) < 4.78 is 0. The number of imide groups is 1. The monoisotopic (exact) mass is 431 g/mol. The molecule has 0 unspecified atom stereocenters. The Morgan fingerprint density at radius 2 is 1.68 bits per heavy atom. The molecule has 3 aliphatic rings. The Labute approximate surface area is 185 Å². The average Bonchev–Trinajstić information content (AvgIpc) is 3.40. The van der Waals surface area contributed by atoms with Crippen LogP contribution in [0.5, 0.6) is 0 Å². The number of nitrogens with zero attached hydrogens (tertiary/aromatic N) is 1. The lowest BCUT2D eigenvalue weighted by molar-refractivity contribution is -0.138. The second-order valence-corrected chi connectivity index (χ2v) is 9.38. The lowest BCUT2D eigenvalue weighted by Gasteiger charge is -2.30. The first-order valence-corrected chi connectivity index (χ1v) is 12.1. The number of rotatable bonds is 12. The van der Waals surface area contributed by atoms with Crippen LogP contribution in [0.1, 0.15) is 70.6 Å². The van der Waals surface area contributed by atoms with Gasteiger partial charge < -0.3 is 10.6 Å². The van der Waals surface area contributed by atoms with Crippen molar-refractivity contribution in [1.82, 2.24) is 15.5 Å². The minimum absolute atomic E-state index is 0.0333. The molecule has 3 amide bonds. The molecule has 7 heteroatoms. The summed E-state index contributed by atoms with van der Waals surface area (Å²) in [5.41, 5.74) is 0. The molecular weight excluding hydrogens is 394 g/mol. The third-order valence-corrected chi connectivity index (χ3v) is 6.98. The van der Waals surface area contributed by atoms with Gasteiger partial charge >= 0.3 is 0 Å². The van der Waals surface area contributed by atoms with Crippen molar-refractivity contribution in [3.63, 3.8) is 0 Å². The second kappa shape index (κ2) is 12.1. The first-order chi connectivity index (χ1) is 15.0. The molecule has 0 radical (unpaired) electrons. The number of amides is 3. The van der Waals surface area contributed by atoms with E-state index >= 15 is 0 Å². The van der Waals surface area contributed by atoms with E-state index in [0.29, 0.717) is 43.6 Å². The van der Waals surface area contributed by atoms with Crippen molar-refractivity contribution in [3.05, 3.63) is 12.2 Å². The summed E-state index contributed by atoms with van der Waals surface area (Å²) in [6.07, 6.45) is 12.4. The summed E-state index contributed by atoms with van der Waals surface area (Å²) in [5, 5.41) is 6.39. The van der Waals surface area contributed by atoms with Crippen LogP contribution in [0.4, 0.5) is 0 Å². The minimum Gasteiger partial charge on any atom is -0.356 e. The fourth-order valence-corrected chi connectivity index (χ4v) is 4.91. The van der Waals surface area contributed by atoms with Crippen molar-refractivity contribution in [3.8, 4) is 0 Å². The molecular formula is C24H37N3O4. The summed E-state index contributed by atoms with van der Waals surface area (Å²) in [7, 11) is 0. The fourth-order valence-electron chi connectivity index (χ4n) is 4.91. The number of hydrogen-bond acceptors (Lipinski definition) is 5. The third kappa shape index (κ3) is 7.56. The summed E-state index contributed by atoms with van der Waals surface area (Å²) >= 11 is 0. The predicted molar refractivity (Wildman–Crippen MR) is 118 cm³/mol. The van der Waals surface area contributed by atoms with Gasteiger partial charge in [-0.15, -0.1) is 0 Å². The molecule has 2 fully saturated rings. The quantitative estimate of drug-likeness (QED) is 0.365. The number of carbonyl (C=O) groups excluding carboxylic acids is 4. The molecule has 0 aromatic heterocycles. The Bertz CT molecular complexity index is 658. The Balaban J connectivity index is 1.19. The summed E-state index contributed by atoms with van der Waals surface area (Å²) in [4.78, 5) is 49.1. The number of hydrogen-bond donors (Lipinski definition) is 2. The van der Waals surface area contributed by atoms with Gasteiger partial charge in [-0.3, -0.25) is 24.1 Å². The third-order valence-electron chi connectivity index (χ3n) is 6.98. The van der Waals surface area contributed by atoms with Gasteiger partial charge in [-0.2, -0.15) is 0 Å². The van der Waals surface area contributed by atoms with E-state index in [1.807, 2.05) is 0 Å². The van der Waals surface area contributed by atoms with Crippen LogP contribution in [-0.2, 0) is 19.2 Å². The second-order valence-electron chi connectivity index (χ2n) is 9.38. The Morgan fingerprint density at radius 1 is 0.935 bits per heavy atom. The van der Waals surface area contributed by atoms with Crippen LogP contribution in [0.15, 0.2) is 12.2 Å². The van der Waals surface area contributed by atoms with Crippen LogP contribution in [0.25, 0.3) is 0 Å². The van der Waals surface area contributed by atoms with Gasteiger partial charge in [0.25, 0.3) is 11.8 Å². The maximum absolute atomic E-state index is 12.4. The van der Waals surface area contributed by atoms with Gasteiger partial charge in [0.1, 0.15) is 5.78 Å². The predicted octanol–water partition coefficient (Wildman–Crippen LogP) is 2.35. The minimum atomic E-state index is -0.224. The molecule has 3 rings (SSSR count). The zero-order valence-corrected chi connectivity index (χ0v) is 18.6. The molecule has 2 heterocycles. The SMILES string of the molecule is O=C(CCCCCNC(=O)C1CCC(CN2C(=O)C=CC2=O)CC1)CC[C@@H]1CCNC1. The normalized spacial score (nSPS) is 25.9. The van der Waals surface area contributed by atoms with E-state index in [0.717, 1.165) is 64.5 Å². The summed E-state index contributed by atoms with van der Waals surface area (Å²) in [6, 6.07) is 0. The maximum atomic E-state index is 12.4. The molecule has 31 heavy (non-hydrogen) atoms. The van der Waals surface area contributed by atoms with E-state index in [1.54, 1.807) is 0 Å². The highest BCUT2D eigenvalue weighted by atomic mass is 16.2. The zero-order valence-electron chi connectivity index (χ0n) is 18.6. The van der Waals surface area contributed by atoms with Crippen molar-refractivity contribution in [2.75, 3.05) is 26.2 Å². The standard InChI is InChI=1S/C24H37N3O4/c28-21(10-7-18-13-15-25-16-18)4-2-1-3-14-26-24(31)20-8-5-19(6-9-20)17-27-22(29)11-12-23(27)30/h11-12,18-20,25H,1-10,13-17H2,(H,26,31)/t18-,19?,20?/m1/s1. The van der Waals surface area contributed by atoms with Gasteiger partial charge in [-0.1, -0.05) is 6.42 Å². The molecule has 1 saturated carbocycles. The van der Waals surface area contributed by atoms with Gasteiger partial charge in [-0.25, -0.2) is 0 Å². The summed E-state index contributed by atoms with van der Waals surface area (Å²) in [6.45, 7) is 3.28. The average molecular weight is 432 g/mol. The maximum Gasteiger partial charge on any atom is 0.253 e. The van der Waals surface area contributed by atoms with Crippen LogP contribution in [0.2, 0.25) is 0 Å². The molecule has 2 N–H and O–H groups in total. The van der Waals surface area contributed by atoms with E-state index in [1.165, 1.54) is 23.5 Å². The highest BCUT2D eigenvalue weighted by molar-refractivity contribution is 6.12. The Morgan fingerprint density at radius 3 is 2.35 bits per heavy atom. The number of Topliss-reactive ketones (excluding diaryl/α,β-unsaturated/α-hetero) is 1. The zero-order chi connectivity index (χ0) is 22.1. The van der Waals surface area contributed by atoms with Crippen LogP contribution in [-0.4, -0.2) is 54.6 Å². The Hall–Kier alpha value is -2.02. The highest BCUT2D eigenvalue weighted by Crippen LogP contribution is 2.30. The smallest absolute Gasteiger partial charge is 0.253 e. The van der Waals surface area contributed by atoms with Crippen molar-refractivity contribution in [2.45, 2.75) is 70.6 Å². The molecule has 2 aliphatic heterocycles. The molecule has 7 nitrogen and oxygen atoms in total. The molecule has 1 atom stereocenters. The van der Waals surface area contributed by atoms with Gasteiger partial charge in [0.2, 0.25) is 5.91 Å².